The van der Waals surface area contributed by atoms with Gasteiger partial charge in [0, 0.05) is 17.3 Å². The van der Waals surface area contributed by atoms with Gasteiger partial charge in [-0.25, -0.2) is 5.84 Å². The summed E-state index contributed by atoms with van der Waals surface area (Å²) in [5.74, 6) is 5.50. The molecule has 0 aliphatic rings. The van der Waals surface area contributed by atoms with Crippen LogP contribution < -0.4 is 11.3 Å². The second-order valence-electron chi connectivity index (χ2n) is 5.49. The van der Waals surface area contributed by atoms with E-state index in [0.29, 0.717) is 23.2 Å². The van der Waals surface area contributed by atoms with Crippen molar-refractivity contribution in [1.82, 2.24) is 9.99 Å². The molecule has 0 aliphatic carbocycles. The van der Waals surface area contributed by atoms with Crippen molar-refractivity contribution >= 4 is 17.5 Å². The molecule has 2 aromatic rings. The van der Waals surface area contributed by atoms with Gasteiger partial charge in [0.1, 0.15) is 5.69 Å². The highest BCUT2D eigenvalue weighted by molar-refractivity contribution is 6.30. The summed E-state index contributed by atoms with van der Waals surface area (Å²) >= 11 is 5.91. The fourth-order valence-corrected chi connectivity index (χ4v) is 2.46. The number of hydrogen-bond donors (Lipinski definition) is 2. The molecule has 0 bridgehead atoms. The fourth-order valence-electron chi connectivity index (χ4n) is 2.34. The summed E-state index contributed by atoms with van der Waals surface area (Å²) < 4.78 is 2.01. The Hall–Kier alpha value is -1.78. The molecule has 0 unspecified atom stereocenters. The summed E-state index contributed by atoms with van der Waals surface area (Å²) in [6, 6.07) is 11.4. The van der Waals surface area contributed by atoms with Gasteiger partial charge in [0.2, 0.25) is 0 Å². The van der Waals surface area contributed by atoms with Gasteiger partial charge in [0.25, 0.3) is 5.91 Å². The zero-order valence-electron chi connectivity index (χ0n) is 12.3. The maximum Gasteiger partial charge on any atom is 0.281 e. The van der Waals surface area contributed by atoms with Gasteiger partial charge in [-0.3, -0.25) is 10.2 Å². The number of amides is 1. The molecule has 0 spiro atoms. The first-order chi connectivity index (χ1) is 10.0. The topological polar surface area (TPSA) is 60.1 Å². The molecule has 2 rings (SSSR count). The van der Waals surface area contributed by atoms with Crippen LogP contribution in [0, 0.1) is 5.92 Å². The first kappa shape index (κ1) is 15.6. The van der Waals surface area contributed by atoms with Crippen LogP contribution in [-0.4, -0.2) is 10.5 Å². The minimum Gasteiger partial charge on any atom is -0.336 e. The molecule has 0 fully saturated rings. The number of rotatable bonds is 5. The monoisotopic (exact) mass is 305 g/mol. The highest BCUT2D eigenvalue weighted by Crippen LogP contribution is 2.17. The Morgan fingerprint density at radius 3 is 2.48 bits per heavy atom. The van der Waals surface area contributed by atoms with Crippen molar-refractivity contribution in [3.8, 4) is 0 Å². The second kappa shape index (κ2) is 6.78. The standard InChI is InChI=1S/C16H20ClN3O/c1-11(2)9-14-7-8-15(16(21)19-18)20(14)10-12-3-5-13(17)6-4-12/h3-8,11H,9-10,18H2,1-2H3,(H,19,21). The normalized spacial score (nSPS) is 10.9. The quantitative estimate of drug-likeness (QED) is 0.507. The molecule has 1 heterocycles. The molecule has 1 aromatic heterocycles. The van der Waals surface area contributed by atoms with Crippen molar-refractivity contribution in [3.63, 3.8) is 0 Å². The average Bonchev–Trinajstić information content (AvgIpc) is 2.83. The van der Waals surface area contributed by atoms with Crippen LogP contribution in [0.15, 0.2) is 36.4 Å². The number of benzene rings is 1. The number of halogens is 1. The highest BCUT2D eigenvalue weighted by Gasteiger charge is 2.15. The van der Waals surface area contributed by atoms with Crippen molar-refractivity contribution < 1.29 is 4.79 Å². The summed E-state index contributed by atoms with van der Waals surface area (Å²) in [4.78, 5) is 11.9. The van der Waals surface area contributed by atoms with E-state index in [4.69, 9.17) is 17.4 Å². The van der Waals surface area contributed by atoms with E-state index in [1.807, 2.05) is 41.0 Å². The number of carbonyl (C=O) groups is 1. The number of nitrogen functional groups attached to an aromatic ring is 1. The van der Waals surface area contributed by atoms with E-state index in [9.17, 15) is 4.79 Å². The Morgan fingerprint density at radius 2 is 1.90 bits per heavy atom. The summed E-state index contributed by atoms with van der Waals surface area (Å²) in [6.07, 6.45) is 0.908. The second-order valence-corrected chi connectivity index (χ2v) is 5.93. The lowest BCUT2D eigenvalue weighted by molar-refractivity contribution is 0.0944. The van der Waals surface area contributed by atoms with Gasteiger partial charge in [-0.15, -0.1) is 0 Å². The molecule has 0 atom stereocenters. The zero-order chi connectivity index (χ0) is 15.4. The van der Waals surface area contributed by atoms with Crippen molar-refractivity contribution in [3.05, 3.63) is 58.4 Å². The van der Waals surface area contributed by atoms with Gasteiger partial charge in [-0.1, -0.05) is 37.6 Å². The number of aromatic nitrogens is 1. The molecule has 1 amide bonds. The third kappa shape index (κ3) is 3.86. The van der Waals surface area contributed by atoms with Crippen LogP contribution in [0.2, 0.25) is 5.02 Å². The predicted molar refractivity (Wildman–Crippen MR) is 85.2 cm³/mol. The van der Waals surface area contributed by atoms with Gasteiger partial charge >= 0.3 is 0 Å². The number of nitrogens with zero attached hydrogens (tertiary/aromatic N) is 1. The maximum absolute atomic E-state index is 11.9. The Labute approximate surface area is 129 Å². The minimum absolute atomic E-state index is 0.279. The Kier molecular flexibility index (Phi) is 5.04. The molecule has 5 heteroatoms. The third-order valence-corrected chi connectivity index (χ3v) is 3.56. The van der Waals surface area contributed by atoms with E-state index < -0.39 is 0 Å². The highest BCUT2D eigenvalue weighted by atomic mass is 35.5. The maximum atomic E-state index is 11.9. The van der Waals surface area contributed by atoms with Crippen LogP contribution in [0.5, 0.6) is 0 Å². The minimum atomic E-state index is -0.279. The van der Waals surface area contributed by atoms with Crippen molar-refractivity contribution in [2.45, 2.75) is 26.8 Å². The largest absolute Gasteiger partial charge is 0.336 e. The van der Waals surface area contributed by atoms with Crippen LogP contribution in [0.4, 0.5) is 0 Å². The molecule has 0 saturated heterocycles. The third-order valence-electron chi connectivity index (χ3n) is 3.31. The molecular formula is C16H20ClN3O. The molecule has 0 radical (unpaired) electrons. The lowest BCUT2D eigenvalue weighted by Gasteiger charge is -2.14. The molecule has 0 saturated carbocycles. The Bertz CT molecular complexity index is 617. The lowest BCUT2D eigenvalue weighted by Crippen LogP contribution is -2.32. The molecule has 0 aliphatic heterocycles. The molecule has 4 nitrogen and oxygen atoms in total. The predicted octanol–water partition coefficient (Wildman–Crippen LogP) is 2.99. The van der Waals surface area contributed by atoms with Crippen molar-refractivity contribution in [2.75, 3.05) is 0 Å². The van der Waals surface area contributed by atoms with Gasteiger partial charge in [0.05, 0.1) is 0 Å². The van der Waals surface area contributed by atoms with Crippen molar-refractivity contribution in [2.24, 2.45) is 11.8 Å². The number of hydrazine groups is 1. The first-order valence-corrected chi connectivity index (χ1v) is 7.33. The molecule has 1 aromatic carbocycles. The smallest absolute Gasteiger partial charge is 0.281 e. The molecular weight excluding hydrogens is 286 g/mol. The van der Waals surface area contributed by atoms with E-state index in [0.717, 1.165) is 17.7 Å². The summed E-state index contributed by atoms with van der Waals surface area (Å²) in [5.41, 5.74) is 4.99. The van der Waals surface area contributed by atoms with E-state index in [-0.39, 0.29) is 5.91 Å². The van der Waals surface area contributed by atoms with Crippen LogP contribution in [0.1, 0.15) is 35.6 Å². The summed E-state index contributed by atoms with van der Waals surface area (Å²) in [5, 5.41) is 0.702. The SMILES string of the molecule is CC(C)Cc1ccc(C(=O)NN)n1Cc1ccc(Cl)cc1. The van der Waals surface area contributed by atoms with Gasteiger partial charge in [-0.2, -0.15) is 0 Å². The first-order valence-electron chi connectivity index (χ1n) is 6.95. The van der Waals surface area contributed by atoms with Crippen LogP contribution in [0.25, 0.3) is 0 Å². The van der Waals surface area contributed by atoms with Crippen LogP contribution in [0.3, 0.4) is 0 Å². The molecule has 21 heavy (non-hydrogen) atoms. The summed E-state index contributed by atoms with van der Waals surface area (Å²) in [7, 11) is 0. The van der Waals surface area contributed by atoms with E-state index in [1.165, 1.54) is 0 Å². The molecule has 112 valence electrons. The Morgan fingerprint density at radius 1 is 1.24 bits per heavy atom. The number of nitrogens with two attached hydrogens (primary N) is 1. The van der Waals surface area contributed by atoms with Gasteiger partial charge in [0.15, 0.2) is 0 Å². The zero-order valence-corrected chi connectivity index (χ0v) is 13.0. The molecule has 3 N–H and O–H groups in total. The van der Waals surface area contributed by atoms with Gasteiger partial charge < -0.3 is 4.57 Å². The van der Waals surface area contributed by atoms with E-state index in [1.54, 1.807) is 0 Å². The number of carbonyl (C=O) groups excluding carboxylic acids is 1. The lowest BCUT2D eigenvalue weighted by atomic mass is 10.1. The Balaban J connectivity index is 2.35. The van der Waals surface area contributed by atoms with Crippen LogP contribution >= 0.6 is 11.6 Å². The fraction of sp³-hybridized carbons (Fsp3) is 0.312. The van der Waals surface area contributed by atoms with Crippen molar-refractivity contribution in [1.29, 1.82) is 0 Å². The summed E-state index contributed by atoms with van der Waals surface area (Å²) in [6.45, 7) is 4.93. The average molecular weight is 306 g/mol. The number of hydrogen-bond acceptors (Lipinski definition) is 2. The van der Waals surface area contributed by atoms with E-state index >= 15 is 0 Å². The number of nitrogens with one attached hydrogen (secondary N) is 1. The van der Waals surface area contributed by atoms with Gasteiger partial charge in [-0.05, 0) is 42.2 Å². The van der Waals surface area contributed by atoms with Crippen LogP contribution in [-0.2, 0) is 13.0 Å². The van der Waals surface area contributed by atoms with E-state index in [2.05, 4.69) is 19.3 Å².